The predicted octanol–water partition coefficient (Wildman–Crippen LogP) is -5.21. The summed E-state index contributed by atoms with van der Waals surface area (Å²) < 4.78 is 0. The lowest BCUT2D eigenvalue weighted by atomic mass is 8.70. The average molecular weight is 945 g/mol. The highest BCUT2D eigenvalue weighted by atomic mass is 14.3. The molecule has 0 heterocycles. The van der Waals surface area contributed by atoms with Crippen molar-refractivity contribution in [1.82, 2.24) is 0 Å². The van der Waals surface area contributed by atoms with E-state index in [0.717, 1.165) is 14.1 Å². The van der Waals surface area contributed by atoms with Crippen LogP contribution < -0.4 is 32.3 Å². The lowest BCUT2D eigenvalue weighted by molar-refractivity contribution is 0.570. The maximum Gasteiger partial charge on any atom is 0.0976 e. The summed E-state index contributed by atoms with van der Waals surface area (Å²) in [7, 11) is 32.5. The summed E-state index contributed by atoms with van der Waals surface area (Å²) in [5.41, 5.74) is 36.1. The van der Waals surface area contributed by atoms with Gasteiger partial charge < -0.3 is 0 Å². The molecule has 1 aliphatic rings. The maximum absolute atomic E-state index is 2.61. The van der Waals surface area contributed by atoms with Gasteiger partial charge in [0.15, 0.2) is 0 Å². The number of aryl methyl sites for hydroxylation is 8. The zero-order valence-corrected chi connectivity index (χ0v) is 53.2. The summed E-state index contributed by atoms with van der Waals surface area (Å²) in [6.45, 7) is 46.1. The molecule has 0 fully saturated rings. The molecule has 0 amide bonds. The van der Waals surface area contributed by atoms with Crippen LogP contribution >= 0.6 is 0 Å². The quantitative estimate of drug-likeness (QED) is 0.108. The van der Waals surface area contributed by atoms with Crippen LogP contribution in [-0.2, 0) is 0 Å². The third-order valence-electron chi connectivity index (χ3n) is 21.7. The Bertz CT molecular complexity index is 3480. The Morgan fingerprint density at radius 1 is 0.311 bits per heavy atom. The Morgan fingerprint density at radius 2 is 0.716 bits per heavy atom. The van der Waals surface area contributed by atoms with Crippen molar-refractivity contribution in [3.8, 4) is 22.3 Å². The molecular formula is C52H82B22. The Morgan fingerprint density at radius 3 is 1.18 bits per heavy atom. The van der Waals surface area contributed by atoms with Crippen molar-refractivity contribution in [2.24, 2.45) is 11.8 Å². The molecule has 356 valence electrons. The van der Waals surface area contributed by atoms with Gasteiger partial charge >= 0.3 is 0 Å². The molecule has 0 radical (unpaired) electrons. The molecule has 0 aliphatic heterocycles. The molecule has 6 aromatic rings. The van der Waals surface area contributed by atoms with Crippen molar-refractivity contribution in [2.45, 2.75) is 125 Å². The molecule has 0 bridgehead atoms. The fourth-order valence-corrected chi connectivity index (χ4v) is 16.0. The van der Waals surface area contributed by atoms with Crippen molar-refractivity contribution in [3.05, 3.63) is 88.3 Å². The zero-order chi connectivity index (χ0) is 55.7. The van der Waals surface area contributed by atoms with Crippen LogP contribution in [0.4, 0.5) is 0 Å². The summed E-state index contributed by atoms with van der Waals surface area (Å²) in [6, 6.07) is 0. The zero-order valence-electron chi connectivity index (χ0n) is 53.2. The Hall–Kier alpha value is -2.73. The number of fused-ring (bicyclic) bond motifs is 4. The van der Waals surface area contributed by atoms with Crippen LogP contribution in [0.2, 0.25) is 0 Å². The third-order valence-corrected chi connectivity index (χ3v) is 21.7. The van der Waals surface area contributed by atoms with Crippen LogP contribution in [0, 0.1) is 109 Å². The van der Waals surface area contributed by atoms with Gasteiger partial charge in [-0.25, -0.2) is 0 Å². The van der Waals surface area contributed by atoms with Gasteiger partial charge in [0.05, 0.1) is 133 Å². The lowest BCUT2D eigenvalue weighted by Gasteiger charge is -2.38. The smallest absolute Gasteiger partial charge is 0.0976 e. The van der Waals surface area contributed by atoms with E-state index >= 15 is 0 Å². The first-order valence-electron chi connectivity index (χ1n) is 29.8. The largest absolute Gasteiger partial charge is 0.112 e. The van der Waals surface area contributed by atoms with Crippen LogP contribution in [0.25, 0.3) is 65.7 Å². The van der Waals surface area contributed by atoms with Crippen LogP contribution in [0.1, 0.15) is 106 Å². The number of hydrogen-bond donors (Lipinski definition) is 0. The SMILES string of the molecule is BBB(B(B)B)c1c(B(B(B)B)B(B)B)c(C)c2c(C)c(C)c(-c3c4c(c(C)c5c(-c6c(C)c(C)c7c(C)c(C)c(C)c(C)c7c6C)c(C)c(C)c(C)c35)=C(C)C(C)C(C)C=4C)c(B(B)BB)c2c1B(B)B(B)B. The number of hydrogen-bond acceptors (Lipinski definition) is 0. The molecule has 7 rings (SSSR count). The lowest BCUT2D eigenvalue weighted by Crippen LogP contribution is -2.74. The molecule has 2 atom stereocenters. The molecule has 0 aromatic heterocycles. The van der Waals surface area contributed by atoms with E-state index in [1.807, 2.05) is 0 Å². The first kappa shape index (κ1) is 58.9. The van der Waals surface area contributed by atoms with Gasteiger partial charge in [0.2, 0.25) is 0 Å². The molecule has 0 nitrogen and oxygen atoms in total. The molecule has 6 aromatic carbocycles. The van der Waals surface area contributed by atoms with Gasteiger partial charge in [-0.05, 0) is 260 Å². The Kier molecular flexibility index (Phi) is 17.1. The minimum absolute atomic E-state index is 0.335. The second-order valence-corrected chi connectivity index (χ2v) is 26.5. The summed E-state index contributed by atoms with van der Waals surface area (Å²) in [5.74, 6) is 0.871. The monoisotopic (exact) mass is 949 g/mol. The Balaban J connectivity index is 1.96. The van der Waals surface area contributed by atoms with Gasteiger partial charge in [0.1, 0.15) is 0 Å². The molecular weight excluding hydrogens is 862 g/mol. The Labute approximate surface area is 467 Å². The predicted molar refractivity (Wildman–Crippen MR) is 393 cm³/mol. The average Bonchev–Trinajstić information content (AvgIpc) is 3.33. The van der Waals surface area contributed by atoms with E-state index in [1.54, 1.807) is 49.3 Å². The van der Waals surface area contributed by atoms with Crippen molar-refractivity contribution < 1.29 is 0 Å². The van der Waals surface area contributed by atoms with Gasteiger partial charge in [-0.15, -0.1) is 10.9 Å². The summed E-state index contributed by atoms with van der Waals surface area (Å²) >= 11 is 0. The molecule has 0 saturated heterocycles. The molecule has 0 saturated carbocycles. The van der Waals surface area contributed by atoms with E-state index in [4.69, 9.17) is 0 Å². The van der Waals surface area contributed by atoms with E-state index in [-0.39, 0.29) is 0 Å². The molecule has 0 N–H and O–H groups in total. The van der Waals surface area contributed by atoms with Gasteiger partial charge in [-0.3, -0.25) is 0 Å². The normalized spacial score (nSPS) is 14.4. The van der Waals surface area contributed by atoms with Crippen molar-refractivity contribution in [2.75, 3.05) is 0 Å². The van der Waals surface area contributed by atoms with Crippen molar-refractivity contribution in [3.63, 3.8) is 0 Å². The highest BCUT2D eigenvalue weighted by molar-refractivity contribution is 7.85. The topological polar surface area (TPSA) is 0 Å². The van der Waals surface area contributed by atoms with Gasteiger partial charge in [-0.2, -0.15) is 0 Å². The van der Waals surface area contributed by atoms with Gasteiger partial charge in [0, 0.05) is 25.5 Å². The molecule has 0 spiro atoms. The highest BCUT2D eigenvalue weighted by Crippen LogP contribution is 2.48. The van der Waals surface area contributed by atoms with Crippen molar-refractivity contribution >= 4 is 224 Å². The highest BCUT2D eigenvalue weighted by Gasteiger charge is 2.40. The van der Waals surface area contributed by atoms with E-state index in [9.17, 15) is 0 Å². The minimum atomic E-state index is 0.335. The van der Waals surface area contributed by atoms with E-state index in [2.05, 4.69) is 217 Å². The van der Waals surface area contributed by atoms with E-state index < -0.39 is 0 Å². The first-order chi connectivity index (χ1) is 34.4. The van der Waals surface area contributed by atoms with Crippen LogP contribution in [0.3, 0.4) is 0 Å². The first-order valence-corrected chi connectivity index (χ1v) is 29.8. The maximum atomic E-state index is 2.61. The standard InChI is InChI=1S/C52H82B22/c1-19-20(2)25(7)38-34(16)40(31(13)30(12)37(38)24(19)6)42-28(10)23(5)29(11)44-45(42)35(17)39-26(8)21(3)22(4)27(9)43(39)47(44)46-33(15)32(14)41-36(18)49(70(73(61)62)74(63)64)52(69(66-54)72(59)60)51(68(56)71(57)58)48(41)50(46)67(55)65-53/h21-22,65-66H,53-64H2,1-18H3. The van der Waals surface area contributed by atoms with Gasteiger partial charge in [-0.1, -0.05) is 41.5 Å². The molecule has 1 aliphatic carbocycles. The third kappa shape index (κ3) is 8.64. The molecule has 22 heteroatoms. The van der Waals surface area contributed by atoms with Crippen LogP contribution in [-0.4, -0.2) is 158 Å². The van der Waals surface area contributed by atoms with Crippen LogP contribution in [0.15, 0.2) is 0 Å². The minimum Gasteiger partial charge on any atom is -0.112 e. The summed E-state index contributed by atoms with van der Waals surface area (Å²) in [5, 5.41) is 12.1. The number of rotatable bonds is 12. The fourth-order valence-electron chi connectivity index (χ4n) is 16.0. The molecule has 2 unspecified atom stereocenters. The summed E-state index contributed by atoms with van der Waals surface area (Å²) in [6.07, 6.45) is 2.07. The molecule has 74 heavy (non-hydrogen) atoms. The van der Waals surface area contributed by atoms with Crippen molar-refractivity contribution in [1.29, 1.82) is 0 Å². The summed E-state index contributed by atoms with van der Waals surface area (Å²) in [4.78, 5) is 0. The van der Waals surface area contributed by atoms with E-state index in [0.29, 0.717) is 63.4 Å². The second-order valence-electron chi connectivity index (χ2n) is 26.5. The fraction of sp³-hybridized carbons (Fsp3) is 0.385. The van der Waals surface area contributed by atoms with E-state index in [1.165, 1.54) is 127 Å². The second kappa shape index (κ2) is 21.5. The van der Waals surface area contributed by atoms with Gasteiger partial charge in [0.25, 0.3) is 0 Å². The van der Waals surface area contributed by atoms with Crippen LogP contribution in [0.5, 0.6) is 0 Å². The number of benzene rings is 6.